The molecular formula is C21H15FO2. The fraction of sp³-hybridized carbons (Fsp3) is 0.0952. The molecule has 0 amide bonds. The van der Waals surface area contributed by atoms with E-state index < -0.39 is 5.97 Å². The van der Waals surface area contributed by atoms with Gasteiger partial charge in [-0.1, -0.05) is 48.5 Å². The number of carbonyl (C=O) groups is 1. The minimum Gasteiger partial charge on any atom is -0.481 e. The maximum atomic E-state index is 14.6. The van der Waals surface area contributed by atoms with Gasteiger partial charge in [0.15, 0.2) is 0 Å². The highest BCUT2D eigenvalue weighted by atomic mass is 19.1. The van der Waals surface area contributed by atoms with Gasteiger partial charge in [-0.05, 0) is 51.0 Å². The number of hydrogen-bond acceptors (Lipinski definition) is 1. The van der Waals surface area contributed by atoms with Gasteiger partial charge in [0.05, 0.1) is 6.42 Å². The van der Waals surface area contributed by atoms with Crippen molar-refractivity contribution in [3.63, 3.8) is 0 Å². The number of aryl methyl sites for hydroxylation is 1. The lowest BCUT2D eigenvalue weighted by molar-refractivity contribution is -0.136. The molecule has 0 heterocycles. The molecular weight excluding hydrogens is 303 g/mol. The number of rotatable bonds is 2. The first kappa shape index (κ1) is 14.6. The van der Waals surface area contributed by atoms with Crippen LogP contribution in [0.4, 0.5) is 4.39 Å². The predicted octanol–water partition coefficient (Wildman–Crippen LogP) is 5.22. The molecule has 0 bridgehead atoms. The maximum absolute atomic E-state index is 14.6. The van der Waals surface area contributed by atoms with Gasteiger partial charge in [0, 0.05) is 5.39 Å². The smallest absolute Gasteiger partial charge is 0.307 e. The van der Waals surface area contributed by atoms with E-state index in [1.54, 1.807) is 6.07 Å². The van der Waals surface area contributed by atoms with Crippen molar-refractivity contribution in [3.8, 4) is 0 Å². The van der Waals surface area contributed by atoms with Crippen molar-refractivity contribution in [2.24, 2.45) is 0 Å². The lowest BCUT2D eigenvalue weighted by Gasteiger charge is -2.16. The van der Waals surface area contributed by atoms with Crippen LogP contribution in [-0.2, 0) is 11.2 Å². The van der Waals surface area contributed by atoms with Gasteiger partial charge in [-0.15, -0.1) is 0 Å². The summed E-state index contributed by atoms with van der Waals surface area (Å²) in [5.41, 5.74) is 1.72. The van der Waals surface area contributed by atoms with Gasteiger partial charge in [-0.2, -0.15) is 0 Å². The molecule has 4 rings (SSSR count). The van der Waals surface area contributed by atoms with Crippen LogP contribution in [0.25, 0.3) is 32.3 Å². The van der Waals surface area contributed by atoms with E-state index in [0.29, 0.717) is 16.3 Å². The van der Waals surface area contributed by atoms with E-state index in [2.05, 4.69) is 0 Å². The van der Waals surface area contributed by atoms with Crippen molar-refractivity contribution < 1.29 is 14.3 Å². The van der Waals surface area contributed by atoms with Gasteiger partial charge in [0.1, 0.15) is 5.82 Å². The molecule has 2 nitrogen and oxygen atoms in total. The molecule has 4 aromatic carbocycles. The quantitative estimate of drug-likeness (QED) is 0.406. The summed E-state index contributed by atoms with van der Waals surface area (Å²) in [5.74, 6) is -1.24. The fourth-order valence-electron chi connectivity index (χ4n) is 3.67. The lowest BCUT2D eigenvalue weighted by atomic mass is 9.88. The number of halogens is 1. The van der Waals surface area contributed by atoms with Crippen LogP contribution >= 0.6 is 0 Å². The summed E-state index contributed by atoms with van der Waals surface area (Å²) < 4.78 is 14.6. The van der Waals surface area contributed by atoms with Crippen molar-refractivity contribution in [2.75, 3.05) is 0 Å². The lowest BCUT2D eigenvalue weighted by Crippen LogP contribution is -2.03. The summed E-state index contributed by atoms with van der Waals surface area (Å²) in [7, 11) is 0. The Balaban J connectivity index is 2.33. The molecule has 24 heavy (non-hydrogen) atoms. The van der Waals surface area contributed by atoms with Crippen molar-refractivity contribution in [2.45, 2.75) is 13.3 Å². The Morgan fingerprint density at radius 2 is 1.50 bits per heavy atom. The molecule has 0 aromatic heterocycles. The molecule has 0 aliphatic carbocycles. The summed E-state index contributed by atoms with van der Waals surface area (Å²) >= 11 is 0. The molecule has 4 aromatic rings. The number of benzene rings is 4. The van der Waals surface area contributed by atoms with Gasteiger partial charge in [-0.25, -0.2) is 4.39 Å². The molecule has 0 aliphatic rings. The third kappa shape index (κ3) is 2.05. The molecule has 0 saturated carbocycles. The number of carboxylic acid groups (broad SMARTS) is 1. The fourth-order valence-corrected chi connectivity index (χ4v) is 3.67. The average molecular weight is 318 g/mol. The van der Waals surface area contributed by atoms with E-state index >= 15 is 0 Å². The zero-order valence-corrected chi connectivity index (χ0v) is 13.1. The topological polar surface area (TPSA) is 37.3 Å². The zero-order valence-electron chi connectivity index (χ0n) is 13.1. The highest BCUT2D eigenvalue weighted by Crippen LogP contribution is 2.38. The number of carboxylic acids is 1. The Kier molecular flexibility index (Phi) is 3.24. The molecule has 0 spiro atoms. The second-order valence-corrected chi connectivity index (χ2v) is 6.05. The highest BCUT2D eigenvalue weighted by Gasteiger charge is 2.17. The van der Waals surface area contributed by atoms with Crippen LogP contribution in [-0.4, -0.2) is 11.1 Å². The zero-order chi connectivity index (χ0) is 16.8. The van der Waals surface area contributed by atoms with E-state index in [1.807, 2.05) is 49.4 Å². The second kappa shape index (κ2) is 5.31. The summed E-state index contributed by atoms with van der Waals surface area (Å²) in [4.78, 5) is 11.4. The largest absolute Gasteiger partial charge is 0.481 e. The van der Waals surface area contributed by atoms with E-state index in [9.17, 15) is 14.3 Å². The van der Waals surface area contributed by atoms with E-state index in [1.165, 1.54) is 6.07 Å². The number of hydrogen-bond donors (Lipinski definition) is 1. The molecule has 0 unspecified atom stereocenters. The van der Waals surface area contributed by atoms with Crippen LogP contribution in [0.1, 0.15) is 11.1 Å². The van der Waals surface area contributed by atoms with Gasteiger partial charge in [0.2, 0.25) is 0 Å². The minimum atomic E-state index is -0.918. The van der Waals surface area contributed by atoms with Crippen LogP contribution in [0, 0.1) is 12.7 Å². The van der Waals surface area contributed by atoms with Crippen LogP contribution in [0.3, 0.4) is 0 Å². The Hall–Kier alpha value is -2.94. The van der Waals surface area contributed by atoms with Crippen molar-refractivity contribution in [1.82, 2.24) is 0 Å². The first-order chi connectivity index (χ1) is 11.6. The van der Waals surface area contributed by atoms with Crippen LogP contribution < -0.4 is 0 Å². The number of aliphatic carboxylic acids is 1. The SMILES string of the molecule is Cc1c2ccccc2c(CC(=O)O)c2cc(F)c3ccccc3c12. The average Bonchev–Trinajstić information content (AvgIpc) is 2.58. The molecule has 0 atom stereocenters. The van der Waals surface area contributed by atoms with Gasteiger partial charge >= 0.3 is 5.97 Å². The van der Waals surface area contributed by atoms with Gasteiger partial charge < -0.3 is 5.11 Å². The molecule has 0 fully saturated rings. The summed E-state index contributed by atoms with van der Waals surface area (Å²) in [6, 6.07) is 16.6. The summed E-state index contributed by atoms with van der Waals surface area (Å²) in [5, 5.41) is 14.2. The third-order valence-corrected chi connectivity index (χ3v) is 4.68. The summed E-state index contributed by atoms with van der Waals surface area (Å²) in [6.45, 7) is 2.01. The molecule has 1 N–H and O–H groups in total. The third-order valence-electron chi connectivity index (χ3n) is 4.68. The standard InChI is InChI=1S/C21H15FO2/c1-12-13-6-2-3-7-14(13)17(11-20(23)24)18-10-19(22)15-8-4-5-9-16(15)21(12)18/h2-10H,11H2,1H3,(H,23,24). The van der Waals surface area contributed by atoms with Gasteiger partial charge in [0.25, 0.3) is 0 Å². The first-order valence-corrected chi connectivity index (χ1v) is 7.81. The highest BCUT2D eigenvalue weighted by molar-refractivity contribution is 6.17. The first-order valence-electron chi connectivity index (χ1n) is 7.81. The summed E-state index contributed by atoms with van der Waals surface area (Å²) in [6.07, 6.45) is -0.130. The minimum absolute atomic E-state index is 0.130. The van der Waals surface area contributed by atoms with E-state index in [-0.39, 0.29) is 12.2 Å². The molecule has 0 saturated heterocycles. The second-order valence-electron chi connectivity index (χ2n) is 6.05. The number of fused-ring (bicyclic) bond motifs is 4. The van der Waals surface area contributed by atoms with Crippen molar-refractivity contribution in [1.29, 1.82) is 0 Å². The Morgan fingerprint density at radius 1 is 0.917 bits per heavy atom. The van der Waals surface area contributed by atoms with Gasteiger partial charge in [-0.3, -0.25) is 4.79 Å². The molecule has 0 aliphatic heterocycles. The molecule has 118 valence electrons. The normalized spacial score (nSPS) is 11.4. The monoisotopic (exact) mass is 318 g/mol. The van der Waals surface area contributed by atoms with Crippen LogP contribution in [0.15, 0.2) is 54.6 Å². The molecule has 3 heteroatoms. The van der Waals surface area contributed by atoms with Crippen LogP contribution in [0.2, 0.25) is 0 Å². The van der Waals surface area contributed by atoms with Crippen LogP contribution in [0.5, 0.6) is 0 Å². The predicted molar refractivity (Wildman–Crippen MR) is 95.0 cm³/mol. The Labute approximate surface area is 138 Å². The Morgan fingerprint density at radius 3 is 2.17 bits per heavy atom. The Bertz CT molecular complexity index is 1130. The molecule has 0 radical (unpaired) electrons. The van der Waals surface area contributed by atoms with E-state index in [4.69, 9.17) is 0 Å². The van der Waals surface area contributed by atoms with Crippen molar-refractivity contribution >= 4 is 38.3 Å². The van der Waals surface area contributed by atoms with Crippen molar-refractivity contribution in [3.05, 3.63) is 71.5 Å². The van der Waals surface area contributed by atoms with E-state index in [0.717, 1.165) is 27.1 Å². The maximum Gasteiger partial charge on any atom is 0.307 e.